The van der Waals surface area contributed by atoms with Crippen LogP contribution in [0.25, 0.3) is 10.9 Å². The second kappa shape index (κ2) is 7.77. The minimum atomic E-state index is -0.306. The highest BCUT2D eigenvalue weighted by molar-refractivity contribution is 5.78. The highest BCUT2D eigenvalue weighted by Crippen LogP contribution is 2.34. The van der Waals surface area contributed by atoms with Crippen LogP contribution in [0.3, 0.4) is 0 Å². The summed E-state index contributed by atoms with van der Waals surface area (Å²) in [7, 11) is 1.68. The van der Waals surface area contributed by atoms with Crippen LogP contribution in [0.1, 0.15) is 37.7 Å². The normalized spacial score (nSPS) is 16.2. The molecule has 2 aromatic rings. The average Bonchev–Trinajstić information content (AvgIpc) is 3.10. The molecule has 0 radical (unpaired) electrons. The summed E-state index contributed by atoms with van der Waals surface area (Å²) in [4.78, 5) is 17.2. The number of hydrogen-bond acceptors (Lipinski definition) is 5. The molecular weight excluding hydrogens is 318 g/mol. The largest absolute Gasteiger partial charge is 0.385 e. The number of rotatable bonds is 7. The molecule has 1 aromatic heterocycles. The number of aromatic nitrogens is 2. The van der Waals surface area contributed by atoms with E-state index in [4.69, 9.17) is 14.7 Å². The molecule has 25 heavy (non-hydrogen) atoms. The van der Waals surface area contributed by atoms with Gasteiger partial charge in [-0.25, -0.2) is 4.98 Å². The third kappa shape index (κ3) is 3.89. The molecular formula is C19H23N3O3. The van der Waals surface area contributed by atoms with Gasteiger partial charge in [0.2, 0.25) is 0 Å². The van der Waals surface area contributed by atoms with E-state index >= 15 is 0 Å². The molecule has 0 spiro atoms. The molecule has 0 saturated heterocycles. The summed E-state index contributed by atoms with van der Waals surface area (Å²) in [6.07, 6.45) is 6.55. The Labute approximate surface area is 147 Å². The van der Waals surface area contributed by atoms with Crippen molar-refractivity contribution in [2.45, 2.75) is 44.2 Å². The van der Waals surface area contributed by atoms with Crippen LogP contribution in [0.5, 0.6) is 0 Å². The van der Waals surface area contributed by atoms with Crippen molar-refractivity contribution in [3.05, 3.63) is 40.4 Å². The van der Waals surface area contributed by atoms with E-state index < -0.39 is 0 Å². The molecule has 1 aliphatic carbocycles. The molecule has 0 atom stereocenters. The Morgan fingerprint density at radius 2 is 2.12 bits per heavy atom. The molecule has 1 aromatic carbocycles. The average molecular weight is 341 g/mol. The number of ether oxygens (including phenoxy) is 2. The molecule has 0 aliphatic heterocycles. The summed E-state index contributed by atoms with van der Waals surface area (Å²) in [6, 6.07) is 7.08. The van der Waals surface area contributed by atoms with E-state index in [0.717, 1.165) is 32.1 Å². The van der Waals surface area contributed by atoms with Gasteiger partial charge in [-0.3, -0.25) is 9.36 Å². The van der Waals surface area contributed by atoms with Crippen LogP contribution in [0.15, 0.2) is 29.3 Å². The predicted octanol–water partition coefficient (Wildman–Crippen LogP) is 2.63. The van der Waals surface area contributed by atoms with Crippen molar-refractivity contribution in [3.8, 4) is 6.07 Å². The first-order valence-corrected chi connectivity index (χ1v) is 8.70. The SMILES string of the molecule is COCCCOC1(Cn2cnc3ccc(C#N)cc3c2=O)CCCC1. The van der Waals surface area contributed by atoms with Gasteiger partial charge in [0.1, 0.15) is 0 Å². The molecule has 3 rings (SSSR count). The van der Waals surface area contributed by atoms with Crippen LogP contribution in [-0.2, 0) is 16.0 Å². The van der Waals surface area contributed by atoms with Crippen LogP contribution in [0.2, 0.25) is 0 Å². The zero-order valence-corrected chi connectivity index (χ0v) is 14.5. The fraction of sp³-hybridized carbons (Fsp3) is 0.526. The molecule has 0 N–H and O–H groups in total. The van der Waals surface area contributed by atoms with Gasteiger partial charge in [0.15, 0.2) is 0 Å². The van der Waals surface area contributed by atoms with Gasteiger partial charge < -0.3 is 9.47 Å². The topological polar surface area (TPSA) is 77.1 Å². The second-order valence-corrected chi connectivity index (χ2v) is 6.61. The van der Waals surface area contributed by atoms with Crippen LogP contribution in [-0.4, -0.2) is 35.5 Å². The molecule has 6 heteroatoms. The quantitative estimate of drug-likeness (QED) is 0.724. The third-order valence-corrected chi connectivity index (χ3v) is 4.83. The van der Waals surface area contributed by atoms with Gasteiger partial charge in [-0.05, 0) is 37.5 Å². The Kier molecular flexibility index (Phi) is 5.47. The number of nitrogens with zero attached hydrogens (tertiary/aromatic N) is 3. The summed E-state index contributed by atoms with van der Waals surface area (Å²) >= 11 is 0. The van der Waals surface area contributed by atoms with Gasteiger partial charge in [-0.2, -0.15) is 5.26 Å². The van der Waals surface area contributed by atoms with E-state index in [1.54, 1.807) is 36.2 Å². The van der Waals surface area contributed by atoms with Gasteiger partial charge in [0, 0.05) is 20.3 Å². The lowest BCUT2D eigenvalue weighted by Gasteiger charge is -2.30. The highest BCUT2D eigenvalue weighted by atomic mass is 16.5. The summed E-state index contributed by atoms with van der Waals surface area (Å²) < 4.78 is 12.9. The molecule has 1 fully saturated rings. The second-order valence-electron chi connectivity index (χ2n) is 6.61. The first kappa shape index (κ1) is 17.6. The summed E-state index contributed by atoms with van der Waals surface area (Å²) in [5.74, 6) is 0. The van der Waals surface area contributed by atoms with Crippen molar-refractivity contribution >= 4 is 10.9 Å². The molecule has 0 bridgehead atoms. The summed E-state index contributed by atoms with van der Waals surface area (Å²) in [5, 5.41) is 9.54. The lowest BCUT2D eigenvalue weighted by molar-refractivity contribution is -0.0582. The van der Waals surface area contributed by atoms with Crippen molar-refractivity contribution in [1.29, 1.82) is 5.26 Å². The van der Waals surface area contributed by atoms with Gasteiger partial charge in [0.05, 0.1) is 41.0 Å². The smallest absolute Gasteiger partial charge is 0.261 e. The Bertz CT molecular complexity index is 832. The number of nitriles is 1. The first-order valence-electron chi connectivity index (χ1n) is 8.70. The molecule has 1 aliphatic rings. The maximum absolute atomic E-state index is 12.8. The maximum atomic E-state index is 12.8. The van der Waals surface area contributed by atoms with E-state index in [2.05, 4.69) is 11.1 Å². The van der Waals surface area contributed by atoms with E-state index in [-0.39, 0.29) is 11.2 Å². The van der Waals surface area contributed by atoms with E-state index in [0.29, 0.717) is 36.2 Å². The van der Waals surface area contributed by atoms with Crippen LogP contribution < -0.4 is 5.56 Å². The van der Waals surface area contributed by atoms with Crippen molar-refractivity contribution in [2.24, 2.45) is 0 Å². The number of hydrogen-bond donors (Lipinski definition) is 0. The van der Waals surface area contributed by atoms with Gasteiger partial charge in [-0.15, -0.1) is 0 Å². The van der Waals surface area contributed by atoms with Crippen molar-refractivity contribution in [3.63, 3.8) is 0 Å². The van der Waals surface area contributed by atoms with Gasteiger partial charge >= 0.3 is 0 Å². The number of benzene rings is 1. The van der Waals surface area contributed by atoms with Crippen LogP contribution >= 0.6 is 0 Å². The molecule has 0 amide bonds. The Hall–Kier alpha value is -2.23. The monoisotopic (exact) mass is 341 g/mol. The standard InChI is InChI=1S/C19H23N3O3/c1-24-9-4-10-25-19(7-2-3-8-19)13-22-14-21-17-6-5-15(12-20)11-16(17)18(22)23/h5-6,11,14H,2-4,7-10,13H2,1H3. The Balaban J connectivity index is 1.86. The lowest BCUT2D eigenvalue weighted by Crippen LogP contribution is -2.38. The molecule has 6 nitrogen and oxygen atoms in total. The van der Waals surface area contributed by atoms with Crippen LogP contribution in [0, 0.1) is 11.3 Å². The Morgan fingerprint density at radius 3 is 2.84 bits per heavy atom. The molecule has 1 saturated carbocycles. The van der Waals surface area contributed by atoms with Crippen molar-refractivity contribution < 1.29 is 9.47 Å². The van der Waals surface area contributed by atoms with E-state index in [9.17, 15) is 4.79 Å². The minimum Gasteiger partial charge on any atom is -0.385 e. The fourth-order valence-electron chi connectivity index (χ4n) is 3.51. The molecule has 0 unspecified atom stereocenters. The van der Waals surface area contributed by atoms with Crippen LogP contribution in [0.4, 0.5) is 0 Å². The Morgan fingerprint density at radius 1 is 1.32 bits per heavy atom. The zero-order chi connectivity index (χ0) is 17.7. The first-order chi connectivity index (χ1) is 12.2. The predicted molar refractivity (Wildman–Crippen MR) is 94.4 cm³/mol. The molecule has 132 valence electrons. The number of fused-ring (bicyclic) bond motifs is 1. The van der Waals surface area contributed by atoms with Gasteiger partial charge in [-0.1, -0.05) is 12.8 Å². The maximum Gasteiger partial charge on any atom is 0.261 e. The van der Waals surface area contributed by atoms with Crippen molar-refractivity contribution in [1.82, 2.24) is 9.55 Å². The third-order valence-electron chi connectivity index (χ3n) is 4.83. The van der Waals surface area contributed by atoms with E-state index in [1.165, 1.54) is 0 Å². The minimum absolute atomic E-state index is 0.117. The number of methoxy groups -OCH3 is 1. The fourth-order valence-corrected chi connectivity index (χ4v) is 3.51. The van der Waals surface area contributed by atoms with Gasteiger partial charge in [0.25, 0.3) is 5.56 Å². The highest BCUT2D eigenvalue weighted by Gasteiger charge is 2.35. The van der Waals surface area contributed by atoms with E-state index in [1.807, 2.05) is 0 Å². The summed E-state index contributed by atoms with van der Waals surface area (Å²) in [5.41, 5.74) is 0.658. The lowest BCUT2D eigenvalue weighted by atomic mass is 10.0. The molecule has 1 heterocycles. The zero-order valence-electron chi connectivity index (χ0n) is 14.5. The summed E-state index contributed by atoms with van der Waals surface area (Å²) in [6.45, 7) is 1.80. The van der Waals surface area contributed by atoms with Crippen molar-refractivity contribution in [2.75, 3.05) is 20.3 Å².